The molecule has 0 aliphatic heterocycles. The minimum atomic E-state index is 0.938. The molecule has 180 valence electrons. The van der Waals surface area contributed by atoms with Crippen molar-refractivity contribution in [3.05, 3.63) is 133 Å². The normalized spacial score (nSPS) is 12.1. The van der Waals surface area contributed by atoms with Crippen LogP contribution in [-0.4, -0.2) is 9.55 Å². The molecule has 0 radical (unpaired) electrons. The van der Waals surface area contributed by atoms with Crippen LogP contribution in [0.25, 0.3) is 82.7 Å². The zero-order valence-corrected chi connectivity index (χ0v) is 21.1. The molecule has 39 heavy (non-hydrogen) atoms. The van der Waals surface area contributed by atoms with E-state index in [0.717, 1.165) is 11.3 Å². The highest BCUT2D eigenvalue weighted by Gasteiger charge is 2.23. The summed E-state index contributed by atoms with van der Waals surface area (Å²) in [5.41, 5.74) is 11.1. The average Bonchev–Trinajstić information content (AvgIpc) is 3.51. The summed E-state index contributed by atoms with van der Waals surface area (Å²) in [5, 5.41) is 6.28. The molecule has 9 rings (SSSR count). The van der Waals surface area contributed by atoms with Crippen LogP contribution in [0.4, 0.5) is 0 Å². The SMILES string of the molecule is c1ccc2c(c1)-c1cccc3c(-c4cc(-n5c6ccccc6c6ccccc65)nc5ccccc45)ccc-2c13. The van der Waals surface area contributed by atoms with Gasteiger partial charge in [-0.05, 0) is 68.4 Å². The van der Waals surface area contributed by atoms with Gasteiger partial charge in [0.1, 0.15) is 5.82 Å². The van der Waals surface area contributed by atoms with Gasteiger partial charge in [0.2, 0.25) is 0 Å². The van der Waals surface area contributed by atoms with E-state index in [9.17, 15) is 0 Å². The molecule has 0 unspecified atom stereocenters. The van der Waals surface area contributed by atoms with E-state index in [2.05, 4.69) is 138 Å². The van der Waals surface area contributed by atoms with E-state index >= 15 is 0 Å². The van der Waals surface area contributed by atoms with Crippen molar-refractivity contribution in [3.8, 4) is 39.2 Å². The fourth-order valence-electron chi connectivity index (χ4n) is 6.71. The highest BCUT2D eigenvalue weighted by molar-refractivity contribution is 6.20. The highest BCUT2D eigenvalue weighted by Crippen LogP contribution is 2.49. The van der Waals surface area contributed by atoms with Gasteiger partial charge in [0.05, 0.1) is 16.6 Å². The van der Waals surface area contributed by atoms with Crippen molar-refractivity contribution in [2.45, 2.75) is 0 Å². The molecule has 6 aromatic carbocycles. The van der Waals surface area contributed by atoms with Crippen LogP contribution in [0.3, 0.4) is 0 Å². The molecule has 0 amide bonds. The second-order valence-electron chi connectivity index (χ2n) is 10.3. The van der Waals surface area contributed by atoms with Gasteiger partial charge in [-0.1, -0.05) is 109 Å². The van der Waals surface area contributed by atoms with E-state index in [1.165, 1.54) is 71.3 Å². The number of hydrogen-bond acceptors (Lipinski definition) is 1. The van der Waals surface area contributed by atoms with Crippen LogP contribution < -0.4 is 0 Å². The minimum Gasteiger partial charge on any atom is -0.294 e. The number of pyridine rings is 1. The Balaban J connectivity index is 1.39. The smallest absolute Gasteiger partial charge is 0.138 e. The molecular formula is C37H22N2. The fourth-order valence-corrected chi connectivity index (χ4v) is 6.71. The first-order valence-electron chi connectivity index (χ1n) is 13.4. The largest absolute Gasteiger partial charge is 0.294 e. The number of nitrogens with zero attached hydrogens (tertiary/aromatic N) is 2. The van der Waals surface area contributed by atoms with Crippen molar-refractivity contribution in [2.75, 3.05) is 0 Å². The summed E-state index contributed by atoms with van der Waals surface area (Å²) in [5.74, 6) is 0.938. The number of benzene rings is 6. The van der Waals surface area contributed by atoms with E-state index < -0.39 is 0 Å². The Labute approximate surface area is 225 Å². The summed E-state index contributed by atoms with van der Waals surface area (Å²) in [4.78, 5) is 5.23. The zero-order valence-electron chi connectivity index (χ0n) is 21.1. The van der Waals surface area contributed by atoms with Crippen LogP contribution in [0, 0.1) is 0 Å². The maximum Gasteiger partial charge on any atom is 0.138 e. The van der Waals surface area contributed by atoms with Gasteiger partial charge in [0, 0.05) is 16.2 Å². The molecule has 0 saturated carbocycles. The van der Waals surface area contributed by atoms with Gasteiger partial charge in [-0.15, -0.1) is 0 Å². The maximum absolute atomic E-state index is 5.23. The predicted molar refractivity (Wildman–Crippen MR) is 163 cm³/mol. The van der Waals surface area contributed by atoms with Gasteiger partial charge in [0.25, 0.3) is 0 Å². The van der Waals surface area contributed by atoms with Crippen molar-refractivity contribution < 1.29 is 0 Å². The lowest BCUT2D eigenvalue weighted by Crippen LogP contribution is -1.99. The lowest BCUT2D eigenvalue weighted by atomic mass is 9.92. The number of fused-ring (bicyclic) bond motifs is 7. The summed E-state index contributed by atoms with van der Waals surface area (Å²) in [6, 6.07) is 48.2. The van der Waals surface area contributed by atoms with E-state index in [4.69, 9.17) is 4.98 Å². The summed E-state index contributed by atoms with van der Waals surface area (Å²) in [7, 11) is 0. The van der Waals surface area contributed by atoms with E-state index in [1.807, 2.05) is 0 Å². The minimum absolute atomic E-state index is 0.938. The molecule has 0 spiro atoms. The fraction of sp³-hybridized carbons (Fsp3) is 0. The molecule has 0 atom stereocenters. The van der Waals surface area contributed by atoms with Crippen molar-refractivity contribution in [1.29, 1.82) is 0 Å². The third-order valence-electron chi connectivity index (χ3n) is 8.35. The van der Waals surface area contributed by atoms with Crippen LogP contribution in [0.5, 0.6) is 0 Å². The van der Waals surface area contributed by atoms with Gasteiger partial charge in [-0.3, -0.25) is 4.57 Å². The molecule has 0 fully saturated rings. The predicted octanol–water partition coefficient (Wildman–Crippen LogP) is 9.80. The number of para-hydroxylation sites is 3. The molecule has 2 aromatic heterocycles. The van der Waals surface area contributed by atoms with Crippen LogP contribution in [0.1, 0.15) is 0 Å². The molecule has 2 heterocycles. The van der Waals surface area contributed by atoms with Gasteiger partial charge in [0.15, 0.2) is 0 Å². The Morgan fingerprint density at radius 1 is 0.385 bits per heavy atom. The molecule has 8 aromatic rings. The van der Waals surface area contributed by atoms with Gasteiger partial charge < -0.3 is 0 Å². The molecule has 0 saturated heterocycles. The monoisotopic (exact) mass is 494 g/mol. The van der Waals surface area contributed by atoms with E-state index in [1.54, 1.807) is 0 Å². The van der Waals surface area contributed by atoms with Crippen molar-refractivity contribution in [1.82, 2.24) is 9.55 Å². The van der Waals surface area contributed by atoms with Crippen molar-refractivity contribution in [2.24, 2.45) is 0 Å². The van der Waals surface area contributed by atoms with Gasteiger partial charge in [-0.25, -0.2) is 4.98 Å². The number of aromatic nitrogens is 2. The topological polar surface area (TPSA) is 17.8 Å². The molecule has 1 aliphatic carbocycles. The lowest BCUT2D eigenvalue weighted by molar-refractivity contribution is 1.10. The quantitative estimate of drug-likeness (QED) is 0.234. The second-order valence-corrected chi connectivity index (χ2v) is 10.3. The molecule has 2 nitrogen and oxygen atoms in total. The molecule has 0 bridgehead atoms. The standard InChI is InChI=1S/C37H22N2/c1-2-11-24-23(10-1)29-15-9-16-30-25(20-21-31(24)37(29)30)32-22-36(38-33-17-6-3-12-26(32)33)39-34-18-7-4-13-27(34)28-14-5-8-19-35(28)39/h1-22H. The Bertz CT molecular complexity index is 2200. The van der Waals surface area contributed by atoms with Gasteiger partial charge >= 0.3 is 0 Å². The molecule has 2 heteroatoms. The lowest BCUT2D eigenvalue weighted by Gasteiger charge is -2.15. The first kappa shape index (κ1) is 20.8. The van der Waals surface area contributed by atoms with Crippen LogP contribution in [-0.2, 0) is 0 Å². The molecule has 0 N–H and O–H groups in total. The van der Waals surface area contributed by atoms with Crippen molar-refractivity contribution >= 4 is 43.5 Å². The third-order valence-corrected chi connectivity index (χ3v) is 8.35. The first-order chi connectivity index (χ1) is 19.4. The summed E-state index contributed by atoms with van der Waals surface area (Å²) < 4.78 is 2.32. The average molecular weight is 495 g/mol. The summed E-state index contributed by atoms with van der Waals surface area (Å²) >= 11 is 0. The van der Waals surface area contributed by atoms with Crippen LogP contribution in [0.15, 0.2) is 133 Å². The first-order valence-corrected chi connectivity index (χ1v) is 13.4. The number of hydrogen-bond donors (Lipinski definition) is 0. The van der Waals surface area contributed by atoms with E-state index in [0.29, 0.717) is 0 Å². The highest BCUT2D eigenvalue weighted by atomic mass is 15.1. The Morgan fingerprint density at radius 2 is 0.923 bits per heavy atom. The summed E-state index contributed by atoms with van der Waals surface area (Å²) in [6.07, 6.45) is 0. The zero-order chi connectivity index (χ0) is 25.5. The Morgan fingerprint density at radius 3 is 1.67 bits per heavy atom. The van der Waals surface area contributed by atoms with Crippen molar-refractivity contribution in [3.63, 3.8) is 0 Å². The molecular weight excluding hydrogens is 472 g/mol. The van der Waals surface area contributed by atoms with E-state index in [-0.39, 0.29) is 0 Å². The molecule has 1 aliphatic rings. The second kappa shape index (κ2) is 7.66. The van der Waals surface area contributed by atoms with Gasteiger partial charge in [-0.2, -0.15) is 0 Å². The Kier molecular flexibility index (Phi) is 4.08. The van der Waals surface area contributed by atoms with Crippen LogP contribution >= 0.6 is 0 Å². The Hall–Kier alpha value is -5.21. The van der Waals surface area contributed by atoms with Crippen LogP contribution in [0.2, 0.25) is 0 Å². The third kappa shape index (κ3) is 2.78. The number of rotatable bonds is 2. The maximum atomic E-state index is 5.23. The summed E-state index contributed by atoms with van der Waals surface area (Å²) in [6.45, 7) is 0.